The van der Waals surface area contributed by atoms with Crippen molar-refractivity contribution in [2.75, 3.05) is 37.1 Å². The molecule has 0 saturated carbocycles. The Hall–Kier alpha value is -6.38. The van der Waals surface area contributed by atoms with Gasteiger partial charge in [-0.3, -0.25) is 62.3 Å². The molecule has 2 amide bonds. The summed E-state index contributed by atoms with van der Waals surface area (Å²) in [7, 11) is 0. The maximum absolute atomic E-state index is 13.2. The van der Waals surface area contributed by atoms with E-state index >= 15 is 0 Å². The Bertz CT molecular complexity index is 3410. The maximum Gasteiger partial charge on any atom is 0.305 e. The van der Waals surface area contributed by atoms with Crippen molar-refractivity contribution in [2.45, 2.75) is 269 Å². The number of nitrogens with one attached hydrogen (secondary N) is 2. The largest absolute Gasteiger partial charge is 0.481 e. The molecule has 0 unspecified atom stereocenters. The molecule has 5 fully saturated rings. The number of benzene rings is 2. The summed E-state index contributed by atoms with van der Waals surface area (Å²) >= 11 is 4.24. The quantitative estimate of drug-likeness (QED) is 0.0315. The van der Waals surface area contributed by atoms with Crippen LogP contribution in [0.25, 0.3) is 0 Å². The van der Waals surface area contributed by atoms with Crippen molar-refractivity contribution in [2.24, 2.45) is 17.8 Å². The number of Topliss-reactive ketones (excluding diaryl/α,β-unsaturated/α-hetero) is 2. The van der Waals surface area contributed by atoms with Crippen molar-refractivity contribution in [1.29, 1.82) is 0 Å². The van der Waals surface area contributed by atoms with Crippen LogP contribution < -0.4 is 10.6 Å². The van der Waals surface area contributed by atoms with E-state index in [4.69, 9.17) is 66.7 Å². The molecule has 0 radical (unpaired) electrons. The number of hydrogen-bond donors (Lipinski definition) is 11. The molecule has 114 heavy (non-hydrogen) atoms. The SMILES string of the molecule is CC(=O)OC[C@H]1O[C@H](CC(=O)O)[C@@H](C)[C@@H](OC(C)=O)[C@@H]1OC(C)=O.CC[C@H]1O[C@H](CC(=O)Cc2ccc(NC(=O)C[C@H]3O[C@H](COC(C)=O)[C@@H](OC(C)=O)[C@H](OC(C)=O)[C@@H]3C)cc2)[C@@H](OC(C)=O)[C@@H](OC(C)=O)[C@@H]1C.I.II.O=C(Cc1ccc(NC(=O)C[C@H]2O[C@H](CO)[C@@H](O)[C@H](O)[C@@H]2O)cc1)C[C@H]1O[C@H](CO)[C@@H](O)[C@H](O)[C@@H]1O. The number of aliphatic hydroxyl groups is 8. The molecule has 642 valence electrons. The second-order valence-corrected chi connectivity index (χ2v) is 27.7. The molecule has 5 saturated heterocycles. The van der Waals surface area contributed by atoms with Crippen LogP contribution in [0.2, 0.25) is 0 Å². The van der Waals surface area contributed by atoms with Crippen LogP contribution in [-0.2, 0) is 137 Å². The fourth-order valence-corrected chi connectivity index (χ4v) is 13.4. The zero-order chi connectivity index (χ0) is 85.0. The fourth-order valence-electron chi connectivity index (χ4n) is 13.4. The van der Waals surface area contributed by atoms with Crippen LogP contribution in [0.1, 0.15) is 133 Å². The van der Waals surface area contributed by atoms with Gasteiger partial charge in [-0.2, -0.15) is 0 Å². The molecule has 25 atom stereocenters. The summed E-state index contributed by atoms with van der Waals surface area (Å²) in [5.74, 6) is -8.75. The van der Waals surface area contributed by atoms with Gasteiger partial charge in [-0.1, -0.05) is 52.0 Å². The van der Waals surface area contributed by atoms with E-state index < -0.39 is 219 Å². The number of aliphatic carboxylic acids is 1. The summed E-state index contributed by atoms with van der Waals surface area (Å²) in [6.45, 7) is 15.1. The lowest BCUT2D eigenvalue weighted by Gasteiger charge is -2.44. The molecule has 11 N–H and O–H groups in total. The highest BCUT2D eigenvalue weighted by molar-refractivity contribution is 15.0. The lowest BCUT2D eigenvalue weighted by molar-refractivity contribution is -0.232. The van der Waals surface area contributed by atoms with Gasteiger partial charge in [0.05, 0.1) is 63.0 Å². The highest BCUT2D eigenvalue weighted by Crippen LogP contribution is 2.37. The minimum atomic E-state index is -1.58. The Morgan fingerprint density at radius 3 is 0.947 bits per heavy atom. The van der Waals surface area contributed by atoms with Crippen molar-refractivity contribution >= 4 is 150 Å². The van der Waals surface area contributed by atoms with Crippen LogP contribution >= 0.6 is 61.2 Å². The molecule has 40 heteroatoms. The lowest BCUT2D eigenvalue weighted by Crippen LogP contribution is -2.59. The Balaban J connectivity index is 0.000000465. The molecule has 37 nitrogen and oxygen atoms in total. The monoisotopic (exact) mass is 1960 g/mol. The third kappa shape index (κ3) is 32.2. The van der Waals surface area contributed by atoms with Gasteiger partial charge in [0.15, 0.2) is 18.3 Å². The number of anilines is 2. The number of esters is 8. The fraction of sp³-hybridized carbons (Fsp3) is 0.662. The van der Waals surface area contributed by atoms with Crippen LogP contribution in [0, 0.1) is 17.8 Å². The molecular weight excluding hydrogens is 1860 g/mol. The Kier molecular flexibility index (Phi) is 44.4. The normalized spacial score (nSPS) is 30.8. The summed E-state index contributed by atoms with van der Waals surface area (Å²) in [5.41, 5.74) is 2.08. The van der Waals surface area contributed by atoms with Gasteiger partial charge in [-0.15, -0.1) is 24.0 Å². The number of ketones is 2. The van der Waals surface area contributed by atoms with Gasteiger partial charge in [0, 0.05) is 147 Å². The molecule has 0 bridgehead atoms. The van der Waals surface area contributed by atoms with E-state index in [1.54, 1.807) is 62.4 Å². The number of carbonyl (C=O) groups is 13. The molecule has 0 aliphatic carbocycles. The first-order valence-electron chi connectivity index (χ1n) is 36.2. The number of rotatable bonds is 29. The molecule has 5 aliphatic rings. The van der Waals surface area contributed by atoms with Gasteiger partial charge in [-0.05, 0) is 41.8 Å². The number of carbonyl (C=O) groups excluding carboxylic acids is 12. The number of carboxylic acids is 1. The van der Waals surface area contributed by atoms with Crippen molar-refractivity contribution in [3.05, 3.63) is 59.7 Å². The van der Waals surface area contributed by atoms with Gasteiger partial charge >= 0.3 is 53.7 Å². The summed E-state index contributed by atoms with van der Waals surface area (Å²) in [6.07, 6.45) is -24.5. The summed E-state index contributed by atoms with van der Waals surface area (Å²) < 4.78 is 70.9. The number of halogens is 3. The third-order valence-electron chi connectivity index (χ3n) is 18.8. The van der Waals surface area contributed by atoms with Crippen LogP contribution in [0.5, 0.6) is 0 Å². The zero-order valence-electron chi connectivity index (χ0n) is 64.8. The van der Waals surface area contributed by atoms with Crippen LogP contribution in [0.3, 0.4) is 0 Å². The van der Waals surface area contributed by atoms with Gasteiger partial charge in [0.1, 0.15) is 110 Å². The van der Waals surface area contributed by atoms with Crippen LogP contribution in [0.4, 0.5) is 11.4 Å². The molecule has 7 rings (SSSR count). The third-order valence-corrected chi connectivity index (χ3v) is 18.8. The topological polar surface area (TPSA) is 548 Å². The number of amides is 2. The molecule has 0 aromatic heterocycles. The highest BCUT2D eigenvalue weighted by Gasteiger charge is 2.52. The van der Waals surface area contributed by atoms with Crippen molar-refractivity contribution in [3.63, 3.8) is 0 Å². The zero-order valence-corrected chi connectivity index (χ0v) is 71.5. The average molecular weight is 1960 g/mol. The predicted octanol–water partition coefficient (Wildman–Crippen LogP) is 1.91. The van der Waals surface area contributed by atoms with E-state index in [-0.39, 0.29) is 106 Å². The second-order valence-electron chi connectivity index (χ2n) is 27.7. The molecule has 2 aromatic rings. The Morgan fingerprint density at radius 1 is 0.360 bits per heavy atom. The predicted molar refractivity (Wildman–Crippen MR) is 420 cm³/mol. The first-order valence-corrected chi connectivity index (χ1v) is 42.5. The van der Waals surface area contributed by atoms with Gasteiger partial charge < -0.3 is 118 Å². The first-order chi connectivity index (χ1) is 53.1. The van der Waals surface area contributed by atoms with E-state index in [1.807, 2.05) is 13.8 Å². The van der Waals surface area contributed by atoms with Crippen molar-refractivity contribution in [3.8, 4) is 0 Å². The Morgan fingerprint density at radius 2 is 0.632 bits per heavy atom. The molecular formula is C74H105I3N2O35. The summed E-state index contributed by atoms with van der Waals surface area (Å²) in [5, 5.41) is 92.3. The summed E-state index contributed by atoms with van der Waals surface area (Å²) in [4.78, 5) is 155. The number of ether oxygens (including phenoxy) is 13. The maximum atomic E-state index is 13.2. The average Bonchev–Trinajstić information content (AvgIpc) is 0.783. The molecule has 2 aromatic carbocycles. The Labute approximate surface area is 698 Å². The smallest absolute Gasteiger partial charge is 0.305 e. The van der Waals surface area contributed by atoms with E-state index in [0.29, 0.717) is 28.9 Å². The van der Waals surface area contributed by atoms with Crippen molar-refractivity contribution in [1.82, 2.24) is 0 Å². The lowest BCUT2D eigenvalue weighted by atomic mass is 9.84. The molecule has 0 spiro atoms. The number of hydrogen-bond acceptors (Lipinski definition) is 34. The minimum absolute atomic E-state index is 0. The van der Waals surface area contributed by atoms with E-state index in [9.17, 15) is 103 Å². The van der Waals surface area contributed by atoms with Crippen molar-refractivity contribution < 1.29 is 170 Å². The van der Waals surface area contributed by atoms with Crippen LogP contribution in [-0.4, -0.2) is 284 Å². The molecule has 5 aliphatic heterocycles. The van der Waals surface area contributed by atoms with Crippen LogP contribution in [0.15, 0.2) is 48.5 Å². The van der Waals surface area contributed by atoms with E-state index in [1.165, 1.54) is 55.4 Å². The van der Waals surface area contributed by atoms with Gasteiger partial charge in [0.25, 0.3) is 0 Å². The highest BCUT2D eigenvalue weighted by atomic mass is 128. The number of carboxylic acid groups (broad SMARTS) is 1. The van der Waals surface area contributed by atoms with E-state index in [2.05, 4.69) is 47.9 Å². The molecule has 5 heterocycles. The minimum Gasteiger partial charge on any atom is -0.481 e. The number of aliphatic hydroxyl groups excluding tert-OH is 8. The second kappa shape index (κ2) is 49.8. The van der Waals surface area contributed by atoms with E-state index in [0.717, 1.165) is 0 Å². The standard InChI is InChI=1S/C36H49NO14.C23H33NO12.C15H22O9.I2.HI/c1-9-28-18(2)33(46-21(5)39)35(48-23(7)41)30(50-28)15-27(43)14-25-10-12-26(13-11-25)37-32(44)16-29-19(3)34(47-22(6)40)36(49-24(8)42)31(51-29)17-45-20(4)38;25-8-15-20(31)22(33)18(29)13(35-15)6-12(27)5-10-1-3-11(4-2-10)24-17(28)7-14-19(30)23(34)21(32)16(9-26)36-14;1-7-11(5-13(19)20)24-12(6-21-8(2)16)15(23-10(4)18)14(7)22-9(3)17;1-2;/h10-13,18-19,28-31,33-36H,9,14-17H2,1-8H3,(H,37,44);1-4,13-16,18-23,25-26,29-34H,5-9H2,(H,24,28);7,11-12,14-15H,5-6H2,1-4H3,(H,19,20);;1H/t18-,19-,28-,29-,30-,31-,33+,34-,35-,36-;13-,14-,15-,16-,18-,19-,20-,21-,22-,23-;7-,11-,12-,14-,15-;;/m111../s1. The van der Waals surface area contributed by atoms with Gasteiger partial charge in [0.2, 0.25) is 11.8 Å². The van der Waals surface area contributed by atoms with Gasteiger partial charge in [-0.25, -0.2) is 0 Å². The first kappa shape index (κ1) is 102. The summed E-state index contributed by atoms with van der Waals surface area (Å²) in [6, 6.07) is 12.9.